The van der Waals surface area contributed by atoms with Gasteiger partial charge in [0.2, 0.25) is 5.88 Å². The van der Waals surface area contributed by atoms with Gasteiger partial charge in [-0.1, -0.05) is 20.3 Å². The van der Waals surface area contributed by atoms with Crippen LogP contribution < -0.4 is 10.1 Å². The molecule has 0 aliphatic rings. The lowest BCUT2D eigenvalue weighted by Crippen LogP contribution is -2.41. The van der Waals surface area contributed by atoms with Crippen molar-refractivity contribution in [1.29, 1.82) is 0 Å². The average molecular weight is 324 g/mol. The minimum absolute atomic E-state index is 0.210. The average Bonchev–Trinajstić information content (AvgIpc) is 2.54. The van der Waals surface area contributed by atoms with Gasteiger partial charge in [-0.25, -0.2) is 9.78 Å². The highest BCUT2D eigenvalue weighted by Crippen LogP contribution is 2.13. The SMILES string of the molecule is CCC(C)CC(NC(=O)c1ccnc(OCCOC)c1)C(=O)O. The van der Waals surface area contributed by atoms with Gasteiger partial charge in [0.05, 0.1) is 6.61 Å². The molecule has 128 valence electrons. The van der Waals surface area contributed by atoms with Gasteiger partial charge in [-0.05, 0) is 18.4 Å². The largest absolute Gasteiger partial charge is 0.480 e. The highest BCUT2D eigenvalue weighted by molar-refractivity contribution is 5.96. The highest BCUT2D eigenvalue weighted by Gasteiger charge is 2.22. The molecule has 0 fully saturated rings. The third-order valence-electron chi connectivity index (χ3n) is 3.47. The van der Waals surface area contributed by atoms with Crippen molar-refractivity contribution in [2.45, 2.75) is 32.7 Å². The molecule has 1 heterocycles. The topological polar surface area (TPSA) is 97.8 Å². The van der Waals surface area contributed by atoms with Gasteiger partial charge in [0, 0.05) is 24.9 Å². The number of amides is 1. The number of carbonyl (C=O) groups is 2. The first-order valence-corrected chi connectivity index (χ1v) is 7.59. The first-order valence-electron chi connectivity index (χ1n) is 7.59. The molecular formula is C16H24N2O5. The van der Waals surface area contributed by atoms with Crippen molar-refractivity contribution < 1.29 is 24.2 Å². The van der Waals surface area contributed by atoms with Gasteiger partial charge in [-0.2, -0.15) is 0 Å². The number of aliphatic carboxylic acids is 1. The molecule has 0 saturated heterocycles. The van der Waals surface area contributed by atoms with Crippen LogP contribution in [0, 0.1) is 5.92 Å². The number of ether oxygens (including phenoxy) is 2. The minimum atomic E-state index is -1.04. The molecule has 0 aliphatic heterocycles. The predicted molar refractivity (Wildman–Crippen MR) is 84.6 cm³/mol. The summed E-state index contributed by atoms with van der Waals surface area (Å²) in [6.07, 6.45) is 2.69. The summed E-state index contributed by atoms with van der Waals surface area (Å²) < 4.78 is 10.2. The van der Waals surface area contributed by atoms with Gasteiger partial charge >= 0.3 is 5.97 Å². The van der Waals surface area contributed by atoms with Gasteiger partial charge in [0.15, 0.2) is 0 Å². The quantitative estimate of drug-likeness (QED) is 0.636. The Morgan fingerprint density at radius 2 is 2.13 bits per heavy atom. The lowest BCUT2D eigenvalue weighted by molar-refractivity contribution is -0.139. The molecule has 0 radical (unpaired) electrons. The van der Waals surface area contributed by atoms with E-state index in [0.717, 1.165) is 6.42 Å². The molecule has 0 spiro atoms. The standard InChI is InChI=1S/C16H24N2O5/c1-4-11(2)9-13(16(20)21)18-15(19)12-5-6-17-14(10-12)23-8-7-22-3/h5-6,10-11,13H,4,7-9H2,1-3H3,(H,18,19)(H,20,21). The Balaban J connectivity index is 2.71. The van der Waals surface area contributed by atoms with Crippen molar-refractivity contribution in [3.8, 4) is 5.88 Å². The summed E-state index contributed by atoms with van der Waals surface area (Å²) in [5.74, 6) is -0.991. The second-order valence-corrected chi connectivity index (χ2v) is 5.34. The number of carboxylic acid groups (broad SMARTS) is 1. The molecule has 2 atom stereocenters. The summed E-state index contributed by atoms with van der Waals surface area (Å²) in [7, 11) is 1.56. The van der Waals surface area contributed by atoms with Gasteiger partial charge in [0.1, 0.15) is 12.6 Å². The molecule has 0 bridgehead atoms. The van der Waals surface area contributed by atoms with E-state index in [1.54, 1.807) is 7.11 Å². The lowest BCUT2D eigenvalue weighted by atomic mass is 9.99. The number of rotatable bonds is 10. The van der Waals surface area contributed by atoms with Gasteiger partial charge < -0.3 is 19.9 Å². The number of aromatic nitrogens is 1. The van der Waals surface area contributed by atoms with Gasteiger partial charge in [-0.15, -0.1) is 0 Å². The van der Waals surface area contributed by atoms with Crippen LogP contribution in [0.25, 0.3) is 0 Å². The molecule has 0 aliphatic carbocycles. The molecule has 1 amide bonds. The van der Waals surface area contributed by atoms with E-state index in [1.807, 2.05) is 13.8 Å². The molecule has 7 heteroatoms. The van der Waals surface area contributed by atoms with Crippen molar-refractivity contribution in [2.75, 3.05) is 20.3 Å². The zero-order valence-corrected chi connectivity index (χ0v) is 13.7. The number of hydrogen-bond acceptors (Lipinski definition) is 5. The van der Waals surface area contributed by atoms with Crippen molar-refractivity contribution in [1.82, 2.24) is 10.3 Å². The molecule has 23 heavy (non-hydrogen) atoms. The van der Waals surface area contributed by atoms with E-state index in [0.29, 0.717) is 31.1 Å². The summed E-state index contributed by atoms with van der Waals surface area (Å²) >= 11 is 0. The summed E-state index contributed by atoms with van der Waals surface area (Å²) in [6.45, 7) is 4.67. The summed E-state index contributed by atoms with van der Waals surface area (Å²) in [5, 5.41) is 11.8. The molecule has 1 aromatic heterocycles. The Kier molecular flexibility index (Phi) is 8.04. The Morgan fingerprint density at radius 1 is 1.39 bits per heavy atom. The van der Waals surface area contributed by atoms with E-state index < -0.39 is 17.9 Å². The Bertz CT molecular complexity index is 521. The maximum absolute atomic E-state index is 12.2. The third-order valence-corrected chi connectivity index (χ3v) is 3.47. The van der Waals surface area contributed by atoms with Crippen LogP contribution in [0.1, 0.15) is 37.0 Å². The van der Waals surface area contributed by atoms with Crippen LogP contribution in [0.3, 0.4) is 0 Å². The van der Waals surface area contributed by atoms with E-state index in [1.165, 1.54) is 18.3 Å². The zero-order valence-electron chi connectivity index (χ0n) is 13.7. The number of methoxy groups -OCH3 is 1. The summed E-state index contributed by atoms with van der Waals surface area (Å²) in [4.78, 5) is 27.5. The summed E-state index contributed by atoms with van der Waals surface area (Å²) in [5.41, 5.74) is 0.308. The van der Waals surface area contributed by atoms with E-state index in [-0.39, 0.29) is 5.92 Å². The predicted octanol–water partition coefficient (Wildman–Crippen LogP) is 1.73. The number of carboxylic acids is 1. The second kappa shape index (κ2) is 9.78. The zero-order chi connectivity index (χ0) is 17.2. The molecule has 0 saturated carbocycles. The van der Waals surface area contributed by atoms with Crippen LogP contribution in [-0.2, 0) is 9.53 Å². The van der Waals surface area contributed by atoms with Crippen LogP contribution in [0.5, 0.6) is 5.88 Å². The molecule has 1 rings (SSSR count). The molecule has 0 aromatic carbocycles. The second-order valence-electron chi connectivity index (χ2n) is 5.34. The fourth-order valence-electron chi connectivity index (χ4n) is 1.89. The lowest BCUT2D eigenvalue weighted by Gasteiger charge is -2.18. The van der Waals surface area contributed by atoms with Crippen LogP contribution in [0.4, 0.5) is 0 Å². The molecule has 2 unspecified atom stereocenters. The van der Waals surface area contributed by atoms with E-state index >= 15 is 0 Å². The first kappa shape index (κ1) is 18.9. The van der Waals surface area contributed by atoms with Crippen molar-refractivity contribution in [2.24, 2.45) is 5.92 Å². The van der Waals surface area contributed by atoms with Crippen molar-refractivity contribution in [3.63, 3.8) is 0 Å². The van der Waals surface area contributed by atoms with Gasteiger partial charge in [0.25, 0.3) is 5.91 Å². The van der Waals surface area contributed by atoms with Crippen LogP contribution in [-0.4, -0.2) is 48.3 Å². The van der Waals surface area contributed by atoms with E-state index in [2.05, 4.69) is 10.3 Å². The van der Waals surface area contributed by atoms with E-state index in [9.17, 15) is 14.7 Å². The Morgan fingerprint density at radius 3 is 2.74 bits per heavy atom. The maximum Gasteiger partial charge on any atom is 0.326 e. The monoisotopic (exact) mass is 324 g/mol. The molecule has 7 nitrogen and oxygen atoms in total. The normalized spacial score (nSPS) is 13.2. The molecule has 1 aromatic rings. The fraction of sp³-hybridized carbons (Fsp3) is 0.562. The molecule has 2 N–H and O–H groups in total. The maximum atomic E-state index is 12.2. The number of nitrogens with zero attached hydrogens (tertiary/aromatic N) is 1. The molecular weight excluding hydrogens is 300 g/mol. The van der Waals surface area contributed by atoms with E-state index in [4.69, 9.17) is 9.47 Å². The smallest absolute Gasteiger partial charge is 0.326 e. The number of carbonyl (C=O) groups excluding carboxylic acids is 1. The number of hydrogen-bond donors (Lipinski definition) is 2. The Hall–Kier alpha value is -2.15. The number of nitrogens with one attached hydrogen (secondary N) is 1. The van der Waals surface area contributed by atoms with Crippen LogP contribution >= 0.6 is 0 Å². The van der Waals surface area contributed by atoms with Crippen molar-refractivity contribution in [3.05, 3.63) is 23.9 Å². The third kappa shape index (κ3) is 6.65. The van der Waals surface area contributed by atoms with Crippen LogP contribution in [0.15, 0.2) is 18.3 Å². The summed E-state index contributed by atoms with van der Waals surface area (Å²) in [6, 6.07) is 2.08. The van der Waals surface area contributed by atoms with Crippen molar-refractivity contribution >= 4 is 11.9 Å². The minimum Gasteiger partial charge on any atom is -0.480 e. The first-order chi connectivity index (χ1) is 11.0. The Labute approximate surface area is 136 Å². The highest BCUT2D eigenvalue weighted by atomic mass is 16.5. The fourth-order valence-corrected chi connectivity index (χ4v) is 1.89. The van der Waals surface area contributed by atoms with Gasteiger partial charge in [-0.3, -0.25) is 4.79 Å². The number of pyridine rings is 1. The van der Waals surface area contributed by atoms with Crippen LogP contribution in [0.2, 0.25) is 0 Å².